The Balaban J connectivity index is 2.03. The molecule has 2 rings (SSSR count). The summed E-state index contributed by atoms with van der Waals surface area (Å²) in [5.41, 5.74) is 1.01. The first-order valence-electron chi connectivity index (χ1n) is 8.26. The van der Waals surface area contributed by atoms with Gasteiger partial charge in [-0.15, -0.1) is 0 Å². The minimum absolute atomic E-state index is 0.273. The summed E-state index contributed by atoms with van der Waals surface area (Å²) in [6.07, 6.45) is 0. The van der Waals surface area contributed by atoms with Crippen molar-refractivity contribution >= 4 is 17.4 Å². The van der Waals surface area contributed by atoms with Crippen molar-refractivity contribution in [2.24, 2.45) is 0 Å². The molecular formula is C18H25N5O2. The van der Waals surface area contributed by atoms with E-state index in [9.17, 15) is 4.79 Å². The van der Waals surface area contributed by atoms with Gasteiger partial charge in [-0.25, -0.2) is 9.97 Å². The average Bonchev–Trinajstić information content (AvgIpc) is 2.56. The molecular weight excluding hydrogens is 318 g/mol. The highest BCUT2D eigenvalue weighted by Crippen LogP contribution is 2.16. The van der Waals surface area contributed by atoms with E-state index in [1.807, 2.05) is 33.2 Å². The topological polar surface area (TPSA) is 79.4 Å². The van der Waals surface area contributed by atoms with Gasteiger partial charge in [-0.05, 0) is 52.2 Å². The van der Waals surface area contributed by atoms with Crippen LogP contribution in [0.2, 0.25) is 0 Å². The quantitative estimate of drug-likeness (QED) is 0.766. The predicted octanol–water partition coefficient (Wildman–Crippen LogP) is 2.41. The van der Waals surface area contributed by atoms with Gasteiger partial charge in [-0.1, -0.05) is 0 Å². The number of amides is 1. The fourth-order valence-corrected chi connectivity index (χ4v) is 2.18. The van der Waals surface area contributed by atoms with Crippen LogP contribution in [0.25, 0.3) is 0 Å². The van der Waals surface area contributed by atoms with E-state index in [1.165, 1.54) is 0 Å². The van der Waals surface area contributed by atoms with Crippen molar-refractivity contribution in [3.63, 3.8) is 0 Å². The van der Waals surface area contributed by atoms with Gasteiger partial charge in [0.1, 0.15) is 23.1 Å². The Labute approximate surface area is 148 Å². The first-order valence-corrected chi connectivity index (χ1v) is 8.26. The fourth-order valence-electron chi connectivity index (χ4n) is 2.18. The molecule has 0 bridgehead atoms. The maximum Gasteiger partial charge on any atom is 0.274 e. The van der Waals surface area contributed by atoms with Crippen LogP contribution in [0.15, 0.2) is 30.3 Å². The summed E-state index contributed by atoms with van der Waals surface area (Å²) >= 11 is 0. The van der Waals surface area contributed by atoms with Gasteiger partial charge in [0.25, 0.3) is 5.91 Å². The number of rotatable bonds is 8. The molecule has 134 valence electrons. The largest absolute Gasteiger partial charge is 0.494 e. The van der Waals surface area contributed by atoms with Gasteiger partial charge in [-0.3, -0.25) is 4.79 Å². The molecule has 7 nitrogen and oxygen atoms in total. The van der Waals surface area contributed by atoms with Gasteiger partial charge in [0.05, 0.1) is 6.61 Å². The maximum atomic E-state index is 12.4. The van der Waals surface area contributed by atoms with E-state index in [4.69, 9.17) is 4.74 Å². The molecule has 7 heteroatoms. The van der Waals surface area contributed by atoms with Crippen LogP contribution in [0.3, 0.4) is 0 Å². The molecule has 2 aromatic rings. The van der Waals surface area contributed by atoms with Crippen LogP contribution in [-0.2, 0) is 0 Å². The number of nitrogens with one attached hydrogen (secondary N) is 2. The lowest BCUT2D eigenvalue weighted by Gasteiger charge is -2.12. The Morgan fingerprint density at radius 1 is 1.20 bits per heavy atom. The molecule has 1 aromatic heterocycles. The molecule has 25 heavy (non-hydrogen) atoms. The van der Waals surface area contributed by atoms with Crippen LogP contribution in [0.4, 0.5) is 11.5 Å². The van der Waals surface area contributed by atoms with Gasteiger partial charge in [0.15, 0.2) is 0 Å². The molecule has 0 atom stereocenters. The van der Waals surface area contributed by atoms with Crippen LogP contribution in [-0.4, -0.2) is 54.6 Å². The van der Waals surface area contributed by atoms with E-state index in [2.05, 4.69) is 25.5 Å². The standard InChI is InChI=1S/C18H25N5O2/c1-5-25-15-8-6-14(7-9-15)22-18(24)16-12-17(21-13(2)20-16)19-10-11-23(3)4/h6-9,12H,5,10-11H2,1-4H3,(H,22,24)(H,19,20,21). The molecule has 0 saturated heterocycles. The van der Waals surface area contributed by atoms with Gasteiger partial charge < -0.3 is 20.3 Å². The lowest BCUT2D eigenvalue weighted by Crippen LogP contribution is -2.22. The molecule has 0 aliphatic rings. The van der Waals surface area contributed by atoms with Crippen molar-refractivity contribution < 1.29 is 9.53 Å². The lowest BCUT2D eigenvalue weighted by atomic mass is 10.3. The smallest absolute Gasteiger partial charge is 0.274 e. The Bertz CT molecular complexity index is 701. The number of likely N-dealkylation sites (N-methyl/N-ethyl adjacent to an activating group) is 1. The van der Waals surface area contributed by atoms with Gasteiger partial charge in [-0.2, -0.15) is 0 Å². The highest BCUT2D eigenvalue weighted by molar-refractivity contribution is 6.03. The van der Waals surface area contributed by atoms with Gasteiger partial charge in [0, 0.05) is 24.8 Å². The molecule has 2 N–H and O–H groups in total. The number of anilines is 2. The third-order valence-corrected chi connectivity index (χ3v) is 3.36. The minimum atomic E-state index is -0.273. The fraction of sp³-hybridized carbons (Fsp3) is 0.389. The summed E-state index contributed by atoms with van der Waals surface area (Å²) in [7, 11) is 4.01. The Morgan fingerprint density at radius 2 is 1.92 bits per heavy atom. The first-order chi connectivity index (χ1) is 12.0. The van der Waals surface area contributed by atoms with Gasteiger partial charge in [0.2, 0.25) is 0 Å². The Hall–Kier alpha value is -2.67. The molecule has 1 aromatic carbocycles. The summed E-state index contributed by atoms with van der Waals surface area (Å²) in [6, 6.07) is 8.89. The second-order valence-electron chi connectivity index (χ2n) is 5.83. The number of carbonyl (C=O) groups excluding carboxylic acids is 1. The van der Waals surface area contributed by atoms with E-state index in [1.54, 1.807) is 25.1 Å². The number of aryl methyl sites for hydroxylation is 1. The zero-order valence-electron chi connectivity index (χ0n) is 15.2. The third-order valence-electron chi connectivity index (χ3n) is 3.36. The van der Waals surface area contributed by atoms with Crippen LogP contribution in [0.1, 0.15) is 23.2 Å². The normalized spacial score (nSPS) is 10.6. The van der Waals surface area contributed by atoms with Crippen molar-refractivity contribution in [1.82, 2.24) is 14.9 Å². The molecule has 0 unspecified atom stereocenters. The molecule has 0 aliphatic heterocycles. The summed E-state index contributed by atoms with van der Waals surface area (Å²) in [5.74, 6) is 1.69. The number of hydrogen-bond acceptors (Lipinski definition) is 6. The van der Waals surface area contributed by atoms with Crippen LogP contribution >= 0.6 is 0 Å². The molecule has 0 spiro atoms. The van der Waals surface area contributed by atoms with Crippen molar-refractivity contribution in [3.8, 4) is 5.75 Å². The number of carbonyl (C=O) groups is 1. The van der Waals surface area contributed by atoms with Crippen molar-refractivity contribution in [2.45, 2.75) is 13.8 Å². The first kappa shape index (κ1) is 18.7. The molecule has 1 amide bonds. The number of aromatic nitrogens is 2. The van der Waals surface area contributed by atoms with Gasteiger partial charge >= 0.3 is 0 Å². The van der Waals surface area contributed by atoms with Crippen molar-refractivity contribution in [3.05, 3.63) is 41.9 Å². The summed E-state index contributed by atoms with van der Waals surface area (Å²) in [6.45, 7) is 5.91. The Morgan fingerprint density at radius 3 is 2.56 bits per heavy atom. The highest BCUT2D eigenvalue weighted by atomic mass is 16.5. The number of hydrogen-bond donors (Lipinski definition) is 2. The Kier molecular flexibility index (Phi) is 6.71. The molecule has 0 radical (unpaired) electrons. The zero-order valence-corrected chi connectivity index (χ0v) is 15.2. The van der Waals surface area contributed by atoms with E-state index >= 15 is 0 Å². The van der Waals surface area contributed by atoms with Crippen LogP contribution in [0, 0.1) is 6.92 Å². The molecule has 0 saturated carbocycles. The molecule has 0 aliphatic carbocycles. The average molecular weight is 343 g/mol. The third kappa shape index (κ3) is 6.04. The number of nitrogens with zero attached hydrogens (tertiary/aromatic N) is 3. The van der Waals surface area contributed by atoms with E-state index in [0.717, 1.165) is 18.8 Å². The highest BCUT2D eigenvalue weighted by Gasteiger charge is 2.11. The number of benzene rings is 1. The molecule has 1 heterocycles. The lowest BCUT2D eigenvalue weighted by molar-refractivity contribution is 0.102. The minimum Gasteiger partial charge on any atom is -0.494 e. The zero-order chi connectivity index (χ0) is 18.2. The van der Waals surface area contributed by atoms with Crippen molar-refractivity contribution in [1.29, 1.82) is 0 Å². The van der Waals surface area contributed by atoms with Crippen LogP contribution in [0.5, 0.6) is 5.75 Å². The van der Waals surface area contributed by atoms with E-state index in [0.29, 0.717) is 29.6 Å². The van der Waals surface area contributed by atoms with E-state index < -0.39 is 0 Å². The predicted molar refractivity (Wildman–Crippen MR) is 99.4 cm³/mol. The van der Waals surface area contributed by atoms with Crippen molar-refractivity contribution in [2.75, 3.05) is 44.4 Å². The van der Waals surface area contributed by atoms with Crippen LogP contribution < -0.4 is 15.4 Å². The number of ether oxygens (including phenoxy) is 1. The maximum absolute atomic E-state index is 12.4. The second-order valence-corrected chi connectivity index (χ2v) is 5.83. The summed E-state index contributed by atoms with van der Waals surface area (Å²) in [4.78, 5) is 23.0. The molecule has 0 fully saturated rings. The summed E-state index contributed by atoms with van der Waals surface area (Å²) < 4.78 is 5.39. The van der Waals surface area contributed by atoms with E-state index in [-0.39, 0.29) is 5.91 Å². The second kappa shape index (κ2) is 8.98. The summed E-state index contributed by atoms with van der Waals surface area (Å²) in [5, 5.41) is 6.04. The SMILES string of the molecule is CCOc1ccc(NC(=O)c2cc(NCCN(C)C)nc(C)n2)cc1. The monoisotopic (exact) mass is 343 g/mol.